The molecule has 0 aliphatic carbocycles. The molecule has 1 N–H and O–H groups in total. The van der Waals surface area contributed by atoms with Crippen molar-refractivity contribution in [2.24, 2.45) is 0 Å². The molecule has 3 aromatic rings. The second kappa shape index (κ2) is 8.21. The molecule has 25 heavy (non-hydrogen) atoms. The quantitative estimate of drug-likeness (QED) is 0.570. The van der Waals surface area contributed by atoms with Crippen LogP contribution in [0.1, 0.15) is 26.7 Å². The van der Waals surface area contributed by atoms with Crippen molar-refractivity contribution in [2.75, 3.05) is 5.75 Å². The van der Waals surface area contributed by atoms with Crippen LogP contribution in [-0.4, -0.2) is 27.9 Å². The lowest BCUT2D eigenvalue weighted by Gasteiger charge is -2.13. The van der Waals surface area contributed by atoms with Crippen molar-refractivity contribution >= 4 is 50.7 Å². The lowest BCUT2D eigenvalue weighted by molar-refractivity contribution is -0.119. The summed E-state index contributed by atoms with van der Waals surface area (Å²) >= 11 is 9.17. The van der Waals surface area contributed by atoms with E-state index in [-0.39, 0.29) is 17.7 Å². The zero-order chi connectivity index (χ0) is 17.8. The first kappa shape index (κ1) is 18.2. The number of halogens is 1. The molecule has 1 aromatic carbocycles. The van der Waals surface area contributed by atoms with Crippen molar-refractivity contribution in [3.63, 3.8) is 0 Å². The zero-order valence-electron chi connectivity index (χ0n) is 13.9. The van der Waals surface area contributed by atoms with Gasteiger partial charge in [-0.05, 0) is 18.9 Å². The van der Waals surface area contributed by atoms with Gasteiger partial charge in [-0.2, -0.15) is 0 Å². The number of hydrogen-bond donors (Lipinski definition) is 1. The third kappa shape index (κ3) is 4.16. The van der Waals surface area contributed by atoms with E-state index in [9.17, 15) is 4.79 Å². The third-order valence-corrected chi connectivity index (χ3v) is 6.29. The van der Waals surface area contributed by atoms with Gasteiger partial charge in [0.1, 0.15) is 4.88 Å². The summed E-state index contributed by atoms with van der Waals surface area (Å²) < 4.78 is 6.74. The first-order chi connectivity index (χ1) is 12.1. The van der Waals surface area contributed by atoms with E-state index in [1.54, 1.807) is 0 Å². The molecule has 0 aliphatic heterocycles. The molecule has 1 amide bonds. The summed E-state index contributed by atoms with van der Waals surface area (Å²) in [5.74, 6) is 0.602. The highest BCUT2D eigenvalue weighted by Gasteiger charge is 2.18. The number of carbonyl (C=O) groups excluding carboxylic acids is 1. The Balaban J connectivity index is 1.68. The van der Waals surface area contributed by atoms with Crippen LogP contribution in [0.4, 0.5) is 0 Å². The van der Waals surface area contributed by atoms with Gasteiger partial charge < -0.3 is 9.73 Å². The van der Waals surface area contributed by atoms with Crippen LogP contribution >= 0.6 is 34.7 Å². The number of hydrogen-bond acceptors (Lipinski definition) is 6. The van der Waals surface area contributed by atoms with Crippen LogP contribution in [0.5, 0.6) is 0 Å². The van der Waals surface area contributed by atoms with E-state index in [2.05, 4.69) is 29.4 Å². The van der Waals surface area contributed by atoms with E-state index < -0.39 is 0 Å². The van der Waals surface area contributed by atoms with Gasteiger partial charge in [0.05, 0.1) is 10.8 Å². The predicted octanol–water partition coefficient (Wildman–Crippen LogP) is 5.00. The van der Waals surface area contributed by atoms with Gasteiger partial charge in [0.15, 0.2) is 0 Å². The van der Waals surface area contributed by atoms with E-state index >= 15 is 0 Å². The summed E-state index contributed by atoms with van der Waals surface area (Å²) in [6.07, 6.45) is 1.84. The van der Waals surface area contributed by atoms with Gasteiger partial charge in [0.25, 0.3) is 11.1 Å². The van der Waals surface area contributed by atoms with Gasteiger partial charge in [-0.25, -0.2) is 0 Å². The number of aromatic nitrogens is 2. The average molecular weight is 396 g/mol. The molecule has 0 atom stereocenters. The van der Waals surface area contributed by atoms with Crippen LogP contribution in [0.3, 0.4) is 0 Å². The lowest BCUT2D eigenvalue weighted by Crippen LogP contribution is -2.34. The van der Waals surface area contributed by atoms with Crippen molar-refractivity contribution in [3.8, 4) is 10.8 Å². The molecule has 8 heteroatoms. The first-order valence-corrected chi connectivity index (χ1v) is 10.2. The maximum absolute atomic E-state index is 12.0. The molecule has 2 heterocycles. The standard InChI is InChI=1S/C17H18ClN3O2S2/c1-3-10(4-2)19-13(22)9-24-17-21-20-16(23-17)15-14(18)11-7-5-6-8-12(11)25-15/h5-8,10H,3-4,9H2,1-2H3,(H,19,22). The lowest BCUT2D eigenvalue weighted by atomic mass is 10.2. The Morgan fingerprint density at radius 2 is 2.08 bits per heavy atom. The fourth-order valence-corrected chi connectivity index (χ4v) is 4.41. The minimum Gasteiger partial charge on any atom is -0.410 e. The Morgan fingerprint density at radius 1 is 1.32 bits per heavy atom. The smallest absolute Gasteiger partial charge is 0.277 e. The van der Waals surface area contributed by atoms with Crippen molar-refractivity contribution < 1.29 is 9.21 Å². The van der Waals surface area contributed by atoms with E-state index in [0.717, 1.165) is 27.8 Å². The minimum atomic E-state index is -0.0293. The molecule has 0 fully saturated rings. The Hall–Kier alpha value is -1.57. The van der Waals surface area contributed by atoms with E-state index in [1.807, 2.05) is 24.3 Å². The maximum Gasteiger partial charge on any atom is 0.277 e. The van der Waals surface area contributed by atoms with Crippen molar-refractivity contribution in [1.29, 1.82) is 0 Å². The maximum atomic E-state index is 12.0. The van der Waals surface area contributed by atoms with E-state index in [0.29, 0.717) is 16.1 Å². The van der Waals surface area contributed by atoms with Crippen LogP contribution in [0.2, 0.25) is 5.02 Å². The molecule has 3 rings (SSSR count). The van der Waals surface area contributed by atoms with Gasteiger partial charge in [0, 0.05) is 16.1 Å². The SMILES string of the molecule is CCC(CC)NC(=O)CSc1nnc(-c2sc3ccccc3c2Cl)o1. The fraction of sp³-hybridized carbons (Fsp3) is 0.353. The molecule has 0 unspecified atom stereocenters. The summed E-state index contributed by atoms with van der Waals surface area (Å²) in [5, 5.41) is 13.0. The highest BCUT2D eigenvalue weighted by molar-refractivity contribution is 7.99. The molecule has 0 saturated carbocycles. The molecule has 5 nitrogen and oxygen atoms in total. The van der Waals surface area contributed by atoms with Crippen LogP contribution < -0.4 is 5.32 Å². The molecule has 132 valence electrons. The highest BCUT2D eigenvalue weighted by atomic mass is 35.5. The Labute approximate surface area is 159 Å². The summed E-state index contributed by atoms with van der Waals surface area (Å²) in [7, 11) is 0. The van der Waals surface area contributed by atoms with Crippen LogP contribution in [0.25, 0.3) is 20.9 Å². The number of rotatable bonds is 7. The summed E-state index contributed by atoms with van der Waals surface area (Å²) in [6, 6.07) is 8.09. The molecular formula is C17H18ClN3O2S2. The van der Waals surface area contributed by atoms with Gasteiger partial charge in [0.2, 0.25) is 5.91 Å². The molecule has 0 bridgehead atoms. The number of nitrogens with zero attached hydrogens (tertiary/aromatic N) is 2. The van der Waals surface area contributed by atoms with Crippen LogP contribution in [-0.2, 0) is 4.79 Å². The van der Waals surface area contributed by atoms with Gasteiger partial charge in [-0.3, -0.25) is 4.79 Å². The molecular weight excluding hydrogens is 378 g/mol. The number of thiophene rings is 1. The average Bonchev–Trinajstić information content (AvgIpc) is 3.23. The molecule has 0 spiro atoms. The number of carbonyl (C=O) groups is 1. The largest absolute Gasteiger partial charge is 0.410 e. The summed E-state index contributed by atoms with van der Waals surface area (Å²) in [6.45, 7) is 4.11. The third-order valence-electron chi connectivity index (χ3n) is 3.81. The Kier molecular flexibility index (Phi) is 5.98. The Morgan fingerprint density at radius 3 is 2.80 bits per heavy atom. The second-order valence-electron chi connectivity index (χ2n) is 5.48. The van der Waals surface area contributed by atoms with Gasteiger partial charge >= 0.3 is 0 Å². The number of amides is 1. The Bertz CT molecular complexity index is 874. The summed E-state index contributed by atoms with van der Waals surface area (Å²) in [5.41, 5.74) is 0. The molecule has 2 aromatic heterocycles. The molecule has 0 radical (unpaired) electrons. The predicted molar refractivity (Wildman–Crippen MR) is 103 cm³/mol. The van der Waals surface area contributed by atoms with Crippen molar-refractivity contribution in [1.82, 2.24) is 15.5 Å². The van der Waals surface area contributed by atoms with Crippen LogP contribution in [0.15, 0.2) is 33.9 Å². The topological polar surface area (TPSA) is 68.0 Å². The first-order valence-electron chi connectivity index (χ1n) is 8.05. The number of fused-ring (bicyclic) bond motifs is 1. The van der Waals surface area contributed by atoms with Crippen molar-refractivity contribution in [3.05, 3.63) is 29.3 Å². The zero-order valence-corrected chi connectivity index (χ0v) is 16.3. The van der Waals surface area contributed by atoms with E-state index in [1.165, 1.54) is 23.1 Å². The monoisotopic (exact) mass is 395 g/mol. The highest BCUT2D eigenvalue weighted by Crippen LogP contribution is 2.41. The molecule has 0 saturated heterocycles. The minimum absolute atomic E-state index is 0.0293. The van der Waals surface area contributed by atoms with Gasteiger partial charge in [-0.1, -0.05) is 55.4 Å². The van der Waals surface area contributed by atoms with Crippen LogP contribution in [0, 0.1) is 0 Å². The van der Waals surface area contributed by atoms with Crippen molar-refractivity contribution in [2.45, 2.75) is 38.0 Å². The number of benzene rings is 1. The number of nitrogens with one attached hydrogen (secondary N) is 1. The molecule has 0 aliphatic rings. The second-order valence-corrected chi connectivity index (χ2v) is 7.84. The van der Waals surface area contributed by atoms with Gasteiger partial charge in [-0.15, -0.1) is 21.5 Å². The summed E-state index contributed by atoms with van der Waals surface area (Å²) in [4.78, 5) is 12.7. The van der Waals surface area contributed by atoms with E-state index in [4.69, 9.17) is 16.0 Å². The number of thioether (sulfide) groups is 1. The fourth-order valence-electron chi connectivity index (χ4n) is 2.40. The normalized spacial score (nSPS) is 11.4.